The van der Waals surface area contributed by atoms with Gasteiger partial charge >= 0.3 is 0 Å². The van der Waals surface area contributed by atoms with Gasteiger partial charge in [0.2, 0.25) is 0 Å². The Labute approximate surface area is 96.1 Å². The zero-order chi connectivity index (χ0) is 12.0. The van der Waals surface area contributed by atoms with Crippen LogP contribution >= 0.6 is 0 Å². The van der Waals surface area contributed by atoms with Gasteiger partial charge in [-0.2, -0.15) is 0 Å². The first-order chi connectivity index (χ1) is 7.63. The molecule has 0 saturated heterocycles. The summed E-state index contributed by atoms with van der Waals surface area (Å²) in [6.07, 6.45) is 2.77. The molecule has 82 valence electrons. The Hall–Kier alpha value is -0.890. The Morgan fingerprint density at radius 2 is 2.07 bits per heavy atom. The van der Waals surface area contributed by atoms with E-state index in [4.69, 9.17) is 1.37 Å². The van der Waals surface area contributed by atoms with Crippen LogP contribution in [0, 0.1) is 6.92 Å². The summed E-state index contributed by atoms with van der Waals surface area (Å²) in [5, 5.41) is 1.54. The lowest BCUT2D eigenvalue weighted by Gasteiger charge is -1.97. The van der Waals surface area contributed by atoms with E-state index in [1.54, 1.807) is 5.41 Å². The van der Waals surface area contributed by atoms with E-state index in [0.717, 1.165) is 23.3 Å². The summed E-state index contributed by atoms with van der Waals surface area (Å²) >= 11 is 0. The molecular formula is C13H18OS. The van der Waals surface area contributed by atoms with E-state index in [1.807, 2.05) is 31.2 Å². The van der Waals surface area contributed by atoms with Gasteiger partial charge < -0.3 is 0 Å². The van der Waals surface area contributed by atoms with Crippen molar-refractivity contribution in [3.8, 4) is 0 Å². The van der Waals surface area contributed by atoms with Crippen molar-refractivity contribution in [3.05, 3.63) is 41.3 Å². The van der Waals surface area contributed by atoms with Crippen LogP contribution < -0.4 is 0 Å². The van der Waals surface area contributed by atoms with E-state index in [0.29, 0.717) is 12.5 Å². The fourth-order valence-corrected chi connectivity index (χ4v) is 1.96. The van der Waals surface area contributed by atoms with Crippen molar-refractivity contribution >= 4 is 10.8 Å². The van der Waals surface area contributed by atoms with Gasteiger partial charge in [-0.15, -0.1) is 0 Å². The molecule has 0 N–H and O–H groups in total. The highest BCUT2D eigenvalue weighted by molar-refractivity contribution is 7.88. The van der Waals surface area contributed by atoms with Crippen molar-refractivity contribution in [3.63, 3.8) is 0 Å². The minimum absolute atomic E-state index is 0.473. The summed E-state index contributed by atoms with van der Waals surface area (Å²) in [6, 6.07) is 8.07. The molecule has 0 radical (unpaired) electrons. The monoisotopic (exact) mass is 223 g/mol. The lowest BCUT2D eigenvalue weighted by Crippen LogP contribution is -1.86. The SMILES string of the molecule is [2H]/C(=C/S(=O)c1ccc(C)cc1)CCCC. The highest BCUT2D eigenvalue weighted by Gasteiger charge is 1.97. The number of allylic oxidation sites excluding steroid dienone is 1. The van der Waals surface area contributed by atoms with E-state index in [2.05, 4.69) is 6.92 Å². The summed E-state index contributed by atoms with van der Waals surface area (Å²) in [6.45, 7) is 4.09. The molecule has 0 fully saturated rings. The smallest absolute Gasteiger partial charge is 0.0772 e. The molecule has 1 atom stereocenters. The van der Waals surface area contributed by atoms with Gasteiger partial charge in [0, 0.05) is 10.3 Å². The maximum atomic E-state index is 11.8. The second-order valence-corrected chi connectivity index (χ2v) is 4.84. The Morgan fingerprint density at radius 3 is 2.67 bits per heavy atom. The maximum Gasteiger partial charge on any atom is 0.0772 e. The molecule has 0 aromatic heterocycles. The summed E-state index contributed by atoms with van der Waals surface area (Å²) in [5.41, 5.74) is 1.15. The molecule has 1 unspecified atom stereocenters. The zero-order valence-corrected chi connectivity index (χ0v) is 10.1. The van der Waals surface area contributed by atoms with Gasteiger partial charge in [0.25, 0.3) is 0 Å². The number of benzene rings is 1. The Morgan fingerprint density at radius 1 is 1.40 bits per heavy atom. The number of hydrogen-bond acceptors (Lipinski definition) is 1. The Balaban J connectivity index is 2.67. The Kier molecular flexibility index (Phi) is 4.65. The molecular weight excluding hydrogens is 204 g/mol. The van der Waals surface area contributed by atoms with Gasteiger partial charge in [0.05, 0.1) is 12.2 Å². The molecule has 0 aliphatic carbocycles. The number of rotatable bonds is 5. The first kappa shape index (κ1) is 10.6. The molecule has 1 aromatic carbocycles. The molecule has 0 bridgehead atoms. The third-order valence-electron chi connectivity index (χ3n) is 2.12. The quantitative estimate of drug-likeness (QED) is 0.742. The minimum Gasteiger partial charge on any atom is -0.250 e. The molecule has 0 aliphatic heterocycles. The predicted molar refractivity (Wildman–Crippen MR) is 66.3 cm³/mol. The first-order valence-corrected chi connectivity index (χ1v) is 6.49. The van der Waals surface area contributed by atoms with E-state index in [1.165, 1.54) is 0 Å². The molecule has 0 aliphatic rings. The van der Waals surface area contributed by atoms with E-state index in [-0.39, 0.29) is 0 Å². The largest absolute Gasteiger partial charge is 0.250 e. The van der Waals surface area contributed by atoms with Crippen LogP contribution in [0.2, 0.25) is 0 Å². The topological polar surface area (TPSA) is 17.1 Å². The maximum absolute atomic E-state index is 11.8. The molecule has 0 heterocycles. The van der Waals surface area contributed by atoms with Gasteiger partial charge in [-0.25, -0.2) is 4.21 Å². The Bertz CT molecular complexity index is 381. The first-order valence-electron chi connectivity index (χ1n) is 5.78. The third-order valence-corrected chi connectivity index (χ3v) is 3.24. The lowest BCUT2D eigenvalue weighted by atomic mass is 10.2. The lowest BCUT2D eigenvalue weighted by molar-refractivity contribution is 0.688. The van der Waals surface area contributed by atoms with Crippen LogP contribution in [-0.2, 0) is 10.8 Å². The minimum atomic E-state index is -1.17. The van der Waals surface area contributed by atoms with Crippen molar-refractivity contribution in [2.45, 2.75) is 38.0 Å². The average Bonchev–Trinajstić information content (AvgIpc) is 2.27. The summed E-state index contributed by atoms with van der Waals surface area (Å²) < 4.78 is 19.5. The van der Waals surface area contributed by atoms with Gasteiger partial charge in [0.1, 0.15) is 0 Å². The summed E-state index contributed by atoms with van der Waals surface area (Å²) in [7, 11) is -1.17. The summed E-state index contributed by atoms with van der Waals surface area (Å²) in [5.74, 6) is 0. The van der Waals surface area contributed by atoms with Crippen molar-refractivity contribution in [1.29, 1.82) is 0 Å². The second-order valence-electron chi connectivity index (χ2n) is 3.54. The van der Waals surface area contributed by atoms with Gasteiger partial charge in [-0.1, -0.05) is 43.5 Å². The average molecular weight is 223 g/mol. The van der Waals surface area contributed by atoms with Crippen molar-refractivity contribution < 1.29 is 5.58 Å². The van der Waals surface area contributed by atoms with Crippen molar-refractivity contribution in [2.75, 3.05) is 0 Å². The van der Waals surface area contributed by atoms with Crippen LogP contribution in [0.3, 0.4) is 0 Å². The molecule has 2 heteroatoms. The normalized spacial score (nSPS) is 14.8. The molecule has 1 nitrogen and oxygen atoms in total. The second kappa shape index (κ2) is 6.57. The summed E-state index contributed by atoms with van der Waals surface area (Å²) in [4.78, 5) is 0.770. The van der Waals surface area contributed by atoms with Crippen LogP contribution in [0.15, 0.2) is 40.6 Å². The predicted octanol–water partition coefficient (Wildman–Crippen LogP) is 3.81. The third kappa shape index (κ3) is 4.43. The zero-order valence-electron chi connectivity index (χ0n) is 10.3. The number of hydrogen-bond donors (Lipinski definition) is 0. The van der Waals surface area contributed by atoms with E-state index in [9.17, 15) is 4.21 Å². The highest BCUT2D eigenvalue weighted by atomic mass is 32.2. The molecule has 0 spiro atoms. The highest BCUT2D eigenvalue weighted by Crippen LogP contribution is 2.09. The molecule has 15 heavy (non-hydrogen) atoms. The fourth-order valence-electron chi connectivity index (χ4n) is 1.15. The van der Waals surface area contributed by atoms with Crippen LogP contribution in [0.5, 0.6) is 0 Å². The van der Waals surface area contributed by atoms with E-state index >= 15 is 0 Å². The van der Waals surface area contributed by atoms with Crippen LogP contribution in [0.1, 0.15) is 33.1 Å². The molecule has 1 rings (SSSR count). The molecule has 1 aromatic rings. The van der Waals surface area contributed by atoms with Crippen LogP contribution in [0.4, 0.5) is 0 Å². The van der Waals surface area contributed by atoms with E-state index < -0.39 is 10.8 Å². The van der Waals surface area contributed by atoms with Gasteiger partial charge in [-0.3, -0.25) is 0 Å². The number of unbranched alkanes of at least 4 members (excludes halogenated alkanes) is 1. The van der Waals surface area contributed by atoms with Crippen LogP contribution in [-0.4, -0.2) is 4.21 Å². The van der Waals surface area contributed by atoms with Gasteiger partial charge in [-0.05, 0) is 25.5 Å². The van der Waals surface area contributed by atoms with Crippen molar-refractivity contribution in [2.24, 2.45) is 0 Å². The van der Waals surface area contributed by atoms with Crippen molar-refractivity contribution in [1.82, 2.24) is 0 Å². The molecule has 0 amide bonds. The number of aryl methyl sites for hydroxylation is 1. The molecule has 0 saturated carbocycles. The standard InChI is InChI=1S/C13H18OS/c1-3-4-5-6-11-15(14)13-9-7-12(2)8-10-13/h6-11H,3-5H2,1-2H3/b11-6-/i6D. The van der Waals surface area contributed by atoms with Crippen LogP contribution in [0.25, 0.3) is 0 Å². The fraction of sp³-hybridized carbons (Fsp3) is 0.385. The van der Waals surface area contributed by atoms with Gasteiger partial charge in [0.15, 0.2) is 0 Å².